The van der Waals surface area contributed by atoms with Crippen LogP contribution in [0.4, 0.5) is 5.69 Å². The van der Waals surface area contributed by atoms with Gasteiger partial charge < -0.3 is 9.64 Å². The molecule has 7 nitrogen and oxygen atoms in total. The van der Waals surface area contributed by atoms with E-state index in [0.29, 0.717) is 18.8 Å². The summed E-state index contributed by atoms with van der Waals surface area (Å²) in [6.45, 7) is 4.88. The number of likely N-dealkylation sites (tertiary alicyclic amines) is 1. The largest absolute Gasteiger partial charge is 0.449 e. The Balaban J connectivity index is 1.76. The van der Waals surface area contributed by atoms with Crippen LogP contribution in [0.1, 0.15) is 49.9 Å². The minimum atomic E-state index is -3.88. The number of rotatable bonds is 7. The van der Waals surface area contributed by atoms with E-state index in [4.69, 9.17) is 4.74 Å². The minimum Gasteiger partial charge on any atom is -0.449 e. The molecule has 8 heteroatoms. The first-order valence-electron chi connectivity index (χ1n) is 11.0. The second-order valence-corrected chi connectivity index (χ2v) is 9.68. The third kappa shape index (κ3) is 5.48. The molecule has 0 aromatic heterocycles. The van der Waals surface area contributed by atoms with Gasteiger partial charge in [0.2, 0.25) is 0 Å². The van der Waals surface area contributed by atoms with Crippen LogP contribution in [0.3, 0.4) is 0 Å². The van der Waals surface area contributed by atoms with E-state index in [1.807, 2.05) is 6.07 Å². The Labute approximate surface area is 190 Å². The van der Waals surface area contributed by atoms with Gasteiger partial charge in [0.25, 0.3) is 15.9 Å². The lowest BCUT2D eigenvalue weighted by Gasteiger charge is -2.24. The van der Waals surface area contributed by atoms with Gasteiger partial charge in [0, 0.05) is 19.6 Å². The Morgan fingerprint density at radius 2 is 1.66 bits per heavy atom. The van der Waals surface area contributed by atoms with E-state index in [1.54, 1.807) is 43.0 Å². The first-order valence-corrected chi connectivity index (χ1v) is 12.5. The molecule has 0 aliphatic carbocycles. The maximum Gasteiger partial charge on any atom is 0.338 e. The molecule has 3 rings (SSSR count). The number of benzene rings is 2. The summed E-state index contributed by atoms with van der Waals surface area (Å²) in [5, 5.41) is 0. The van der Waals surface area contributed by atoms with Gasteiger partial charge in [-0.25, -0.2) is 13.2 Å². The molecule has 32 heavy (non-hydrogen) atoms. The number of para-hydroxylation sites is 1. The average Bonchev–Trinajstić information content (AvgIpc) is 3.09. The fraction of sp³-hybridized carbons (Fsp3) is 0.417. The second kappa shape index (κ2) is 10.6. The molecule has 1 heterocycles. The zero-order chi connectivity index (χ0) is 23.1. The van der Waals surface area contributed by atoms with Crippen molar-refractivity contribution in [3.05, 3.63) is 60.2 Å². The van der Waals surface area contributed by atoms with E-state index in [-0.39, 0.29) is 22.9 Å². The van der Waals surface area contributed by atoms with Gasteiger partial charge in [-0.1, -0.05) is 37.1 Å². The van der Waals surface area contributed by atoms with Crippen molar-refractivity contribution in [2.24, 2.45) is 0 Å². The number of nitrogens with zero attached hydrogens (tertiary/aromatic N) is 2. The maximum absolute atomic E-state index is 13.2. The summed E-state index contributed by atoms with van der Waals surface area (Å²) in [4.78, 5) is 27.1. The summed E-state index contributed by atoms with van der Waals surface area (Å²) in [6.07, 6.45) is 3.15. The molecule has 1 amide bonds. The van der Waals surface area contributed by atoms with Crippen molar-refractivity contribution in [2.45, 2.75) is 50.5 Å². The predicted molar refractivity (Wildman–Crippen MR) is 123 cm³/mol. The molecule has 0 radical (unpaired) electrons. The first-order chi connectivity index (χ1) is 15.3. The van der Waals surface area contributed by atoms with Crippen LogP contribution < -0.4 is 4.31 Å². The summed E-state index contributed by atoms with van der Waals surface area (Å²) >= 11 is 0. The number of esters is 1. The zero-order valence-electron chi connectivity index (χ0n) is 18.6. The van der Waals surface area contributed by atoms with Crippen molar-refractivity contribution in [1.29, 1.82) is 0 Å². The normalized spacial score (nSPS) is 15.5. The van der Waals surface area contributed by atoms with Crippen LogP contribution in [-0.4, -0.2) is 50.9 Å². The quantitative estimate of drug-likeness (QED) is 0.589. The van der Waals surface area contributed by atoms with E-state index in [0.717, 1.165) is 25.7 Å². The molecular weight excluding hydrogens is 428 g/mol. The number of hydrogen-bond acceptors (Lipinski definition) is 5. The highest BCUT2D eigenvalue weighted by atomic mass is 32.2. The maximum atomic E-state index is 13.2. The first kappa shape index (κ1) is 23.8. The molecule has 0 saturated carbocycles. The molecule has 0 N–H and O–H groups in total. The molecule has 1 fully saturated rings. The Morgan fingerprint density at radius 1 is 1.00 bits per heavy atom. The van der Waals surface area contributed by atoms with Gasteiger partial charge in [-0.3, -0.25) is 9.10 Å². The van der Waals surface area contributed by atoms with Gasteiger partial charge in [0.15, 0.2) is 6.10 Å². The highest BCUT2D eigenvalue weighted by Gasteiger charge is 2.27. The van der Waals surface area contributed by atoms with Gasteiger partial charge >= 0.3 is 5.97 Å². The van der Waals surface area contributed by atoms with Crippen LogP contribution in [0.25, 0.3) is 0 Å². The molecule has 1 saturated heterocycles. The molecule has 2 aromatic rings. The number of carbonyl (C=O) groups is 2. The van der Waals surface area contributed by atoms with E-state index in [2.05, 4.69) is 0 Å². The van der Waals surface area contributed by atoms with Crippen molar-refractivity contribution in [2.75, 3.05) is 23.9 Å². The molecule has 172 valence electrons. The third-order valence-corrected chi connectivity index (χ3v) is 7.44. The summed E-state index contributed by atoms with van der Waals surface area (Å²) in [5.74, 6) is -0.939. The smallest absolute Gasteiger partial charge is 0.338 e. The van der Waals surface area contributed by atoms with Crippen LogP contribution in [0.2, 0.25) is 0 Å². The van der Waals surface area contributed by atoms with Crippen molar-refractivity contribution in [3.63, 3.8) is 0 Å². The highest BCUT2D eigenvalue weighted by Crippen LogP contribution is 2.24. The van der Waals surface area contributed by atoms with E-state index < -0.39 is 22.1 Å². The fourth-order valence-corrected chi connectivity index (χ4v) is 5.34. The molecule has 1 aliphatic rings. The lowest BCUT2D eigenvalue weighted by molar-refractivity contribution is -0.139. The number of anilines is 1. The predicted octanol–water partition coefficient (Wildman–Crippen LogP) is 3.85. The lowest BCUT2D eigenvalue weighted by Crippen LogP contribution is -2.40. The van der Waals surface area contributed by atoms with Gasteiger partial charge in [-0.05, 0) is 57.0 Å². The Bertz CT molecular complexity index is 1030. The molecule has 2 aromatic carbocycles. The molecule has 1 atom stereocenters. The Morgan fingerprint density at radius 3 is 2.28 bits per heavy atom. The number of ether oxygens (including phenoxy) is 1. The van der Waals surface area contributed by atoms with Crippen molar-refractivity contribution < 1.29 is 22.7 Å². The SMILES string of the molecule is CCN(c1ccccc1)S(=O)(=O)c1cccc(C(=O)OC(C)C(=O)N2CCCCCC2)c1. The van der Waals surface area contributed by atoms with E-state index in [1.165, 1.54) is 28.6 Å². The molecule has 1 unspecified atom stereocenters. The van der Waals surface area contributed by atoms with Crippen LogP contribution in [0.15, 0.2) is 59.5 Å². The summed E-state index contributed by atoms with van der Waals surface area (Å²) < 4.78 is 33.1. The van der Waals surface area contributed by atoms with Gasteiger partial charge in [-0.2, -0.15) is 0 Å². The molecule has 0 spiro atoms. The van der Waals surface area contributed by atoms with Crippen LogP contribution >= 0.6 is 0 Å². The van der Waals surface area contributed by atoms with Crippen molar-refractivity contribution in [3.8, 4) is 0 Å². The minimum absolute atomic E-state index is 0.0100. The summed E-state index contributed by atoms with van der Waals surface area (Å²) in [5.41, 5.74) is 0.630. The third-order valence-electron chi connectivity index (χ3n) is 5.54. The van der Waals surface area contributed by atoms with Crippen LogP contribution in [0.5, 0.6) is 0 Å². The standard InChI is InChI=1S/C24H30N2O5S/c1-3-26(21-13-7-6-8-14-21)32(29,30)22-15-11-12-20(18-22)24(28)31-19(2)23(27)25-16-9-4-5-10-17-25/h6-8,11-15,18-19H,3-5,9-10,16-17H2,1-2H3. The fourth-order valence-electron chi connectivity index (χ4n) is 3.82. The summed E-state index contributed by atoms with van der Waals surface area (Å²) in [6, 6.07) is 14.5. The number of sulfonamides is 1. The highest BCUT2D eigenvalue weighted by molar-refractivity contribution is 7.92. The second-order valence-electron chi connectivity index (χ2n) is 7.82. The Hall–Kier alpha value is -2.87. The Kier molecular flexibility index (Phi) is 7.90. The number of carbonyl (C=O) groups excluding carboxylic acids is 2. The van der Waals surface area contributed by atoms with Crippen LogP contribution in [-0.2, 0) is 19.6 Å². The van der Waals surface area contributed by atoms with Crippen molar-refractivity contribution in [1.82, 2.24) is 4.90 Å². The molecular formula is C24H30N2O5S. The summed E-state index contributed by atoms with van der Waals surface area (Å²) in [7, 11) is -3.88. The average molecular weight is 459 g/mol. The van der Waals surface area contributed by atoms with E-state index >= 15 is 0 Å². The molecule has 0 bridgehead atoms. The zero-order valence-corrected chi connectivity index (χ0v) is 19.4. The molecule has 1 aliphatic heterocycles. The van der Waals surface area contributed by atoms with E-state index in [9.17, 15) is 18.0 Å². The van der Waals surface area contributed by atoms with Gasteiger partial charge in [0.1, 0.15) is 0 Å². The van der Waals surface area contributed by atoms with Crippen molar-refractivity contribution >= 4 is 27.6 Å². The monoisotopic (exact) mass is 458 g/mol. The number of hydrogen-bond donors (Lipinski definition) is 0. The number of amides is 1. The van der Waals surface area contributed by atoms with Crippen LogP contribution in [0, 0.1) is 0 Å². The topological polar surface area (TPSA) is 84.0 Å². The van der Waals surface area contributed by atoms with Gasteiger partial charge in [-0.15, -0.1) is 0 Å². The lowest BCUT2D eigenvalue weighted by atomic mass is 10.2. The van der Waals surface area contributed by atoms with Gasteiger partial charge in [0.05, 0.1) is 16.1 Å².